The van der Waals surface area contributed by atoms with E-state index in [1.165, 1.54) is 0 Å². The Morgan fingerprint density at radius 2 is 1.91 bits per heavy atom. The summed E-state index contributed by atoms with van der Waals surface area (Å²) in [7, 11) is 0. The second-order valence-electron chi connectivity index (χ2n) is 8.88. The third-order valence-electron chi connectivity index (χ3n) is 5.98. The van der Waals surface area contributed by atoms with Crippen LogP contribution in [0.25, 0.3) is 0 Å². The molecule has 0 aliphatic carbocycles. The summed E-state index contributed by atoms with van der Waals surface area (Å²) < 4.78 is 5.25. The van der Waals surface area contributed by atoms with Gasteiger partial charge in [0.15, 0.2) is 5.78 Å². The average molecular weight is 466 g/mol. The number of amides is 2. The van der Waals surface area contributed by atoms with E-state index in [-0.39, 0.29) is 31.3 Å². The molecule has 8 heteroatoms. The first-order valence-electron chi connectivity index (χ1n) is 11.6. The number of aromatic nitrogens is 1. The first-order chi connectivity index (χ1) is 16.3. The van der Waals surface area contributed by atoms with Crippen molar-refractivity contribution in [1.82, 2.24) is 15.6 Å². The molecule has 0 spiro atoms. The monoisotopic (exact) mass is 465 g/mol. The van der Waals surface area contributed by atoms with Crippen LogP contribution in [-0.4, -0.2) is 34.6 Å². The maximum Gasteiger partial charge on any atom is 0.408 e. The Hall–Kier alpha value is -3.55. The van der Waals surface area contributed by atoms with E-state index in [9.17, 15) is 19.2 Å². The number of ketones is 2. The van der Waals surface area contributed by atoms with Gasteiger partial charge in [-0.05, 0) is 47.9 Å². The highest BCUT2D eigenvalue weighted by Gasteiger charge is 2.32. The second-order valence-corrected chi connectivity index (χ2v) is 8.88. The van der Waals surface area contributed by atoms with E-state index < -0.39 is 29.7 Å². The largest absolute Gasteiger partial charge is 0.445 e. The highest BCUT2D eigenvalue weighted by Crippen LogP contribution is 2.21. The molecule has 2 amide bonds. The van der Waals surface area contributed by atoms with Crippen molar-refractivity contribution < 1.29 is 23.9 Å². The number of carbonyl (C=O) groups excluding carboxylic acids is 4. The minimum Gasteiger partial charge on any atom is -0.445 e. The number of nitrogens with one attached hydrogen (secondary N) is 2. The van der Waals surface area contributed by atoms with Gasteiger partial charge in [-0.1, -0.05) is 44.2 Å². The molecule has 0 saturated heterocycles. The van der Waals surface area contributed by atoms with Crippen molar-refractivity contribution in [2.45, 2.75) is 58.7 Å². The molecule has 2 unspecified atom stereocenters. The van der Waals surface area contributed by atoms with Crippen molar-refractivity contribution in [2.75, 3.05) is 0 Å². The summed E-state index contributed by atoms with van der Waals surface area (Å²) in [5, 5.41) is 5.30. The first kappa shape index (κ1) is 25.1. The average Bonchev–Trinajstić information content (AvgIpc) is 2.84. The number of rotatable bonds is 7. The Morgan fingerprint density at radius 3 is 2.65 bits per heavy atom. The number of fused-ring (bicyclic) bond motifs is 1. The predicted molar refractivity (Wildman–Crippen MR) is 126 cm³/mol. The zero-order chi connectivity index (χ0) is 24.5. The quantitative estimate of drug-likeness (QED) is 0.607. The smallest absolute Gasteiger partial charge is 0.408 e. The van der Waals surface area contributed by atoms with Gasteiger partial charge in [-0.15, -0.1) is 0 Å². The third-order valence-corrected chi connectivity index (χ3v) is 5.98. The fraction of sp³-hybridized carbons (Fsp3) is 0.423. The number of nitrogens with zero attached hydrogens (tertiary/aromatic N) is 1. The summed E-state index contributed by atoms with van der Waals surface area (Å²) in [4.78, 5) is 54.8. The predicted octanol–water partition coefficient (Wildman–Crippen LogP) is 3.13. The van der Waals surface area contributed by atoms with Crippen molar-refractivity contribution in [1.29, 1.82) is 0 Å². The van der Waals surface area contributed by atoms with Crippen molar-refractivity contribution >= 4 is 23.6 Å². The van der Waals surface area contributed by atoms with Crippen LogP contribution in [0.4, 0.5) is 4.79 Å². The molecular weight excluding hydrogens is 434 g/mol. The van der Waals surface area contributed by atoms with Crippen LogP contribution in [-0.2, 0) is 38.7 Å². The lowest BCUT2D eigenvalue weighted by Gasteiger charge is -2.24. The number of hydrogen-bond donors (Lipinski definition) is 2. The molecule has 1 aromatic carbocycles. The van der Waals surface area contributed by atoms with Crippen LogP contribution in [0.1, 0.15) is 49.8 Å². The van der Waals surface area contributed by atoms with Crippen LogP contribution in [0.15, 0.2) is 48.8 Å². The molecule has 1 aliphatic heterocycles. The number of hydrogen-bond acceptors (Lipinski definition) is 6. The van der Waals surface area contributed by atoms with Gasteiger partial charge in [-0.3, -0.25) is 19.4 Å². The molecule has 2 atom stereocenters. The van der Waals surface area contributed by atoms with Crippen LogP contribution in [0, 0.1) is 11.8 Å². The first-order valence-corrected chi connectivity index (χ1v) is 11.6. The zero-order valence-corrected chi connectivity index (χ0v) is 19.6. The van der Waals surface area contributed by atoms with Crippen LogP contribution >= 0.6 is 0 Å². The summed E-state index contributed by atoms with van der Waals surface area (Å²) in [6.45, 7) is 3.95. The van der Waals surface area contributed by atoms with E-state index in [0.717, 1.165) is 16.7 Å². The Labute approximate surface area is 199 Å². The van der Waals surface area contributed by atoms with Crippen LogP contribution in [0.3, 0.4) is 0 Å². The molecule has 1 aliphatic rings. The van der Waals surface area contributed by atoms with Gasteiger partial charge in [0.05, 0.1) is 6.04 Å². The summed E-state index contributed by atoms with van der Waals surface area (Å²) in [5.41, 5.74) is 2.79. The fourth-order valence-electron chi connectivity index (χ4n) is 4.05. The van der Waals surface area contributed by atoms with Gasteiger partial charge in [0.1, 0.15) is 6.61 Å². The number of pyridine rings is 1. The molecule has 2 N–H and O–H groups in total. The number of alkyl carbamates (subject to hydrolysis) is 1. The Balaban J connectivity index is 1.62. The van der Waals surface area contributed by atoms with Gasteiger partial charge in [0, 0.05) is 31.3 Å². The van der Waals surface area contributed by atoms with Crippen molar-refractivity contribution in [3.8, 4) is 0 Å². The number of ether oxygens (including phenoxy) is 1. The molecule has 180 valence electrons. The second kappa shape index (κ2) is 12.1. The Kier molecular flexibility index (Phi) is 8.90. The molecule has 2 heterocycles. The van der Waals surface area contributed by atoms with Gasteiger partial charge in [-0.2, -0.15) is 0 Å². The van der Waals surface area contributed by atoms with E-state index in [2.05, 4.69) is 15.6 Å². The Bertz CT molecular complexity index is 1020. The highest BCUT2D eigenvalue weighted by atomic mass is 16.5. The molecule has 3 rings (SSSR count). The van der Waals surface area contributed by atoms with Crippen molar-refractivity contribution in [3.05, 3.63) is 65.5 Å². The molecule has 2 aromatic rings. The molecular formula is C26H31N3O5. The molecule has 0 saturated carbocycles. The maximum atomic E-state index is 13.1. The van der Waals surface area contributed by atoms with E-state index in [1.54, 1.807) is 12.4 Å². The normalized spacial score (nSPS) is 17.3. The molecule has 34 heavy (non-hydrogen) atoms. The number of aryl methyl sites for hydroxylation is 1. The van der Waals surface area contributed by atoms with E-state index in [1.807, 2.05) is 50.2 Å². The van der Waals surface area contributed by atoms with Gasteiger partial charge in [-0.25, -0.2) is 4.79 Å². The van der Waals surface area contributed by atoms with Crippen molar-refractivity contribution in [3.63, 3.8) is 0 Å². The highest BCUT2D eigenvalue weighted by molar-refractivity contribution is 6.37. The van der Waals surface area contributed by atoms with Gasteiger partial charge in [0.25, 0.3) is 5.91 Å². The lowest BCUT2D eigenvalue weighted by atomic mass is 9.86. The molecule has 8 nitrogen and oxygen atoms in total. The minimum absolute atomic E-state index is 0.0866. The van der Waals surface area contributed by atoms with Crippen LogP contribution < -0.4 is 10.6 Å². The lowest BCUT2D eigenvalue weighted by Crippen LogP contribution is -2.46. The summed E-state index contributed by atoms with van der Waals surface area (Å²) >= 11 is 0. The molecule has 0 fully saturated rings. The van der Waals surface area contributed by atoms with E-state index >= 15 is 0 Å². The van der Waals surface area contributed by atoms with Gasteiger partial charge < -0.3 is 15.4 Å². The summed E-state index contributed by atoms with van der Waals surface area (Å²) in [6.07, 6.45) is 4.36. The molecule has 1 aromatic heterocycles. The van der Waals surface area contributed by atoms with Crippen LogP contribution in [0.5, 0.6) is 0 Å². The standard InChI is InChI=1S/C26H31N3O5/c1-17(2)23(29-26(33)34-16-18-7-4-3-5-8-18)22(30)13-19-9-6-10-20-14-27-12-11-21(20)15-28-25(32)24(19)31/h3-5,7-8,11-12,14,17,19,23H,6,9-10,13,15-16H2,1-2H3,(H,28,32)(H,29,33). The van der Waals surface area contributed by atoms with Gasteiger partial charge >= 0.3 is 6.09 Å². The molecule has 0 radical (unpaired) electrons. The zero-order valence-electron chi connectivity index (χ0n) is 19.6. The van der Waals surface area contributed by atoms with Gasteiger partial charge in [0.2, 0.25) is 5.78 Å². The summed E-state index contributed by atoms with van der Waals surface area (Å²) in [6, 6.07) is 10.2. The topological polar surface area (TPSA) is 114 Å². The number of benzene rings is 1. The van der Waals surface area contributed by atoms with E-state index in [0.29, 0.717) is 19.3 Å². The maximum absolute atomic E-state index is 13.1. The van der Waals surface area contributed by atoms with Crippen LogP contribution in [0.2, 0.25) is 0 Å². The summed E-state index contributed by atoms with van der Waals surface area (Å²) in [5.74, 6) is -2.54. The number of carbonyl (C=O) groups is 4. The number of Topliss-reactive ketones (excluding diaryl/α,β-unsaturated/α-hetero) is 2. The minimum atomic E-state index is -0.820. The SMILES string of the molecule is CC(C)C(NC(=O)OCc1ccccc1)C(=O)CC1CCCc2cnccc2CNC(=O)C1=O. The molecule has 0 bridgehead atoms. The van der Waals surface area contributed by atoms with E-state index in [4.69, 9.17) is 4.74 Å². The lowest BCUT2D eigenvalue weighted by molar-refractivity contribution is -0.141. The fourth-order valence-corrected chi connectivity index (χ4v) is 4.05. The Morgan fingerprint density at radius 1 is 1.15 bits per heavy atom. The van der Waals surface area contributed by atoms with Crippen molar-refractivity contribution in [2.24, 2.45) is 11.8 Å². The third kappa shape index (κ3) is 6.97.